The summed E-state index contributed by atoms with van der Waals surface area (Å²) in [6, 6.07) is 7.89. The minimum absolute atomic E-state index is 0.301. The number of ether oxygens (including phenoxy) is 1. The molecule has 0 atom stereocenters. The quantitative estimate of drug-likeness (QED) is 0.422. The minimum atomic E-state index is 0.301. The van der Waals surface area contributed by atoms with Gasteiger partial charge in [-0.3, -0.25) is 9.59 Å². The van der Waals surface area contributed by atoms with Crippen molar-refractivity contribution >= 4 is 50.7 Å². The Kier molecular flexibility index (Phi) is 8.09. The second kappa shape index (κ2) is 10.8. The number of hydrogen-bond donors (Lipinski definition) is 0. The fourth-order valence-corrected chi connectivity index (χ4v) is 5.69. The summed E-state index contributed by atoms with van der Waals surface area (Å²) < 4.78 is 6.86. The van der Waals surface area contributed by atoms with Gasteiger partial charge >= 0.3 is 0 Å². The molecule has 0 radical (unpaired) electrons. The van der Waals surface area contributed by atoms with Crippen molar-refractivity contribution in [2.75, 3.05) is 0 Å². The summed E-state index contributed by atoms with van der Waals surface area (Å²) in [6.07, 6.45) is 9.32. The van der Waals surface area contributed by atoms with Gasteiger partial charge in [-0.15, -0.1) is 0 Å². The van der Waals surface area contributed by atoms with Crippen LogP contribution in [-0.2, 0) is 46.6 Å². The fraction of sp³-hybridized carbons (Fsp3) is 0.462. The molecule has 3 aliphatic rings. The Bertz CT molecular complexity index is 1030. The SMILES string of the molecule is O=C1CCc2ccc(Cl)c(Br)c2C1.O=C1CCc2ccc(Cl)c(COC3CCCC3)c2C1. The molecule has 2 aromatic rings. The van der Waals surface area contributed by atoms with Gasteiger partial charge in [0.15, 0.2) is 0 Å². The Morgan fingerprint density at radius 3 is 2.03 bits per heavy atom. The van der Waals surface area contributed by atoms with Crippen LogP contribution in [0.5, 0.6) is 0 Å². The van der Waals surface area contributed by atoms with E-state index in [-0.39, 0.29) is 0 Å². The lowest BCUT2D eigenvalue weighted by Crippen LogP contribution is -2.17. The third-order valence-corrected chi connectivity index (χ3v) is 8.43. The fourth-order valence-electron chi connectivity index (χ4n) is 4.76. The molecule has 0 aliphatic heterocycles. The number of ketones is 2. The highest BCUT2D eigenvalue weighted by Crippen LogP contribution is 2.33. The maximum Gasteiger partial charge on any atom is 0.137 e. The van der Waals surface area contributed by atoms with Gasteiger partial charge in [0, 0.05) is 40.7 Å². The van der Waals surface area contributed by atoms with E-state index in [0.717, 1.165) is 51.9 Å². The summed E-state index contributed by atoms with van der Waals surface area (Å²) in [7, 11) is 0. The first-order valence-corrected chi connectivity index (χ1v) is 12.9. The van der Waals surface area contributed by atoms with Crippen LogP contribution < -0.4 is 0 Å². The topological polar surface area (TPSA) is 43.4 Å². The van der Waals surface area contributed by atoms with Crippen LogP contribution >= 0.6 is 39.1 Å². The molecule has 0 saturated heterocycles. The van der Waals surface area contributed by atoms with E-state index in [4.69, 9.17) is 27.9 Å². The van der Waals surface area contributed by atoms with E-state index in [1.165, 1.54) is 24.0 Å². The maximum absolute atomic E-state index is 11.7. The van der Waals surface area contributed by atoms with Gasteiger partial charge in [-0.1, -0.05) is 48.2 Å². The second-order valence-corrected chi connectivity index (χ2v) is 10.4. The number of benzene rings is 2. The van der Waals surface area contributed by atoms with Gasteiger partial charge in [0.2, 0.25) is 0 Å². The van der Waals surface area contributed by atoms with Crippen LogP contribution in [0.15, 0.2) is 28.7 Å². The molecule has 0 aromatic heterocycles. The number of Topliss-reactive ketones (excluding diaryl/α,β-unsaturated/α-hetero) is 2. The van der Waals surface area contributed by atoms with Crippen LogP contribution in [0.4, 0.5) is 0 Å². The standard InChI is InChI=1S/C16H19ClO2.C10H8BrClO/c17-16-8-6-11-5-7-12(18)9-14(11)15(16)10-19-13-3-1-2-4-13;11-10-8-5-7(13)3-1-6(8)2-4-9(10)12/h6,8,13H,1-5,7,9-10H2;2,4H,1,3,5H2. The lowest BCUT2D eigenvalue weighted by molar-refractivity contribution is -0.119. The van der Waals surface area contributed by atoms with Gasteiger partial charge in [0.1, 0.15) is 11.6 Å². The molecule has 0 heterocycles. The minimum Gasteiger partial charge on any atom is -0.373 e. The zero-order chi connectivity index (χ0) is 22.7. The highest BCUT2D eigenvalue weighted by molar-refractivity contribution is 9.10. The molecule has 0 N–H and O–H groups in total. The van der Waals surface area contributed by atoms with Crippen molar-refractivity contribution in [3.63, 3.8) is 0 Å². The average Bonchev–Trinajstić information content (AvgIpc) is 3.30. The number of carbonyl (C=O) groups excluding carboxylic acids is 2. The van der Waals surface area contributed by atoms with Crippen molar-refractivity contribution in [1.82, 2.24) is 0 Å². The Morgan fingerprint density at radius 2 is 1.38 bits per heavy atom. The maximum atomic E-state index is 11.7. The van der Waals surface area contributed by atoms with Crippen molar-refractivity contribution in [2.24, 2.45) is 0 Å². The summed E-state index contributed by atoms with van der Waals surface area (Å²) in [6.45, 7) is 0.556. The highest BCUT2D eigenvalue weighted by Gasteiger charge is 2.22. The average molecular weight is 538 g/mol. The lowest BCUT2D eigenvalue weighted by atomic mass is 9.87. The number of hydrogen-bond acceptors (Lipinski definition) is 3. The van der Waals surface area contributed by atoms with Crippen LogP contribution in [0.3, 0.4) is 0 Å². The summed E-state index contributed by atoms with van der Waals surface area (Å²) in [5.74, 6) is 0.618. The first-order valence-electron chi connectivity index (χ1n) is 11.3. The van der Waals surface area contributed by atoms with Crippen molar-refractivity contribution in [3.05, 3.63) is 66.6 Å². The van der Waals surface area contributed by atoms with Crippen LogP contribution in [0.1, 0.15) is 66.3 Å². The molecule has 3 aliphatic carbocycles. The second-order valence-electron chi connectivity index (χ2n) is 8.81. The summed E-state index contributed by atoms with van der Waals surface area (Å²) >= 11 is 15.6. The molecule has 0 bridgehead atoms. The van der Waals surface area contributed by atoms with Crippen molar-refractivity contribution < 1.29 is 14.3 Å². The van der Waals surface area contributed by atoms with Crippen LogP contribution in [-0.4, -0.2) is 17.7 Å². The monoisotopic (exact) mass is 536 g/mol. The zero-order valence-corrected chi connectivity index (χ0v) is 21.1. The molecular formula is C26H27BrCl2O3. The molecule has 2 aromatic carbocycles. The third kappa shape index (κ3) is 5.64. The van der Waals surface area contributed by atoms with Crippen LogP contribution in [0.2, 0.25) is 10.0 Å². The van der Waals surface area contributed by atoms with E-state index >= 15 is 0 Å². The first-order chi connectivity index (χ1) is 15.4. The van der Waals surface area contributed by atoms with E-state index in [0.29, 0.717) is 55.0 Å². The van der Waals surface area contributed by atoms with E-state index < -0.39 is 0 Å². The molecule has 170 valence electrons. The molecule has 0 amide bonds. The van der Waals surface area contributed by atoms with Crippen LogP contribution in [0, 0.1) is 0 Å². The predicted octanol–water partition coefficient (Wildman–Crippen LogP) is 7.02. The van der Waals surface area contributed by atoms with E-state index in [9.17, 15) is 9.59 Å². The smallest absolute Gasteiger partial charge is 0.137 e. The number of carbonyl (C=O) groups is 2. The zero-order valence-electron chi connectivity index (χ0n) is 18.0. The van der Waals surface area contributed by atoms with Crippen LogP contribution in [0.25, 0.3) is 0 Å². The first kappa shape index (κ1) is 23.9. The van der Waals surface area contributed by atoms with Gasteiger partial charge in [-0.25, -0.2) is 0 Å². The van der Waals surface area contributed by atoms with Gasteiger partial charge in [-0.2, -0.15) is 0 Å². The number of halogens is 3. The molecule has 0 unspecified atom stereocenters. The summed E-state index contributed by atoms with van der Waals surface area (Å²) in [5.41, 5.74) is 5.76. The molecule has 0 spiro atoms. The third-order valence-electron chi connectivity index (χ3n) is 6.62. The Balaban J connectivity index is 0.000000165. The highest BCUT2D eigenvalue weighted by atomic mass is 79.9. The molecule has 3 nitrogen and oxygen atoms in total. The molecule has 32 heavy (non-hydrogen) atoms. The Morgan fingerprint density at radius 1 is 0.812 bits per heavy atom. The van der Waals surface area contributed by atoms with Gasteiger partial charge in [0.05, 0.1) is 17.7 Å². The van der Waals surface area contributed by atoms with E-state index in [1.807, 2.05) is 18.2 Å². The molecule has 1 fully saturated rings. The van der Waals surface area contributed by atoms with Crippen molar-refractivity contribution in [2.45, 2.75) is 76.9 Å². The Labute approximate surface area is 207 Å². The van der Waals surface area contributed by atoms with Gasteiger partial charge in [0.25, 0.3) is 0 Å². The Hall–Kier alpha value is -1.20. The molecule has 1 saturated carbocycles. The molecule has 6 heteroatoms. The molecular weight excluding hydrogens is 511 g/mol. The van der Waals surface area contributed by atoms with Gasteiger partial charge in [-0.05, 0) is 76.0 Å². The van der Waals surface area contributed by atoms with E-state index in [1.54, 1.807) is 0 Å². The van der Waals surface area contributed by atoms with Gasteiger partial charge < -0.3 is 4.74 Å². The van der Waals surface area contributed by atoms with E-state index in [2.05, 4.69) is 22.0 Å². The predicted molar refractivity (Wildman–Crippen MR) is 132 cm³/mol. The van der Waals surface area contributed by atoms with Crippen molar-refractivity contribution in [3.8, 4) is 0 Å². The normalized spacial score (nSPS) is 18.1. The number of aryl methyl sites for hydroxylation is 2. The number of rotatable bonds is 3. The summed E-state index contributed by atoms with van der Waals surface area (Å²) in [5, 5.41) is 1.43. The van der Waals surface area contributed by atoms with Crippen molar-refractivity contribution in [1.29, 1.82) is 0 Å². The summed E-state index contributed by atoms with van der Waals surface area (Å²) in [4.78, 5) is 22.9. The largest absolute Gasteiger partial charge is 0.373 e. The number of fused-ring (bicyclic) bond motifs is 2. The lowest BCUT2D eigenvalue weighted by Gasteiger charge is -2.21. The molecule has 5 rings (SSSR count).